The van der Waals surface area contributed by atoms with Crippen LogP contribution < -0.4 is 5.32 Å². The van der Waals surface area contributed by atoms with Crippen molar-refractivity contribution in [2.45, 2.75) is 31.7 Å². The van der Waals surface area contributed by atoms with Crippen molar-refractivity contribution < 1.29 is 4.79 Å². The van der Waals surface area contributed by atoms with Gasteiger partial charge in [0, 0.05) is 17.6 Å². The summed E-state index contributed by atoms with van der Waals surface area (Å²) in [6.45, 7) is 0. The number of aromatic nitrogens is 2. The average Bonchev–Trinajstić information content (AvgIpc) is 3.14. The molecule has 1 aliphatic carbocycles. The highest BCUT2D eigenvalue weighted by Gasteiger charge is 2.20. The molecule has 1 amide bonds. The average molecular weight is 317 g/mol. The molecule has 0 bridgehead atoms. The lowest BCUT2D eigenvalue weighted by molar-refractivity contribution is 0.0939. The van der Waals surface area contributed by atoms with E-state index in [2.05, 4.69) is 15.3 Å². The summed E-state index contributed by atoms with van der Waals surface area (Å²) in [5, 5.41) is 4.06. The normalized spacial score (nSPS) is 14.8. The maximum atomic E-state index is 12.8. The number of hydrogen-bond acceptors (Lipinski definition) is 3. The van der Waals surface area contributed by atoms with E-state index in [9.17, 15) is 4.79 Å². The summed E-state index contributed by atoms with van der Waals surface area (Å²) < 4.78 is 0. The molecule has 1 saturated carbocycles. The number of nitrogens with one attached hydrogen (secondary N) is 1. The van der Waals surface area contributed by atoms with Gasteiger partial charge in [0.15, 0.2) is 0 Å². The van der Waals surface area contributed by atoms with Crippen molar-refractivity contribution in [1.29, 1.82) is 0 Å². The van der Waals surface area contributed by atoms with Crippen molar-refractivity contribution in [1.82, 2.24) is 15.3 Å². The SMILES string of the molecule is O=C(NC1CCCC1)c1cc(-c2ccccn2)nc2ccccc12. The number of hydrogen-bond donors (Lipinski definition) is 1. The second-order valence-electron chi connectivity index (χ2n) is 6.24. The molecular weight excluding hydrogens is 298 g/mol. The molecule has 4 nitrogen and oxygen atoms in total. The maximum Gasteiger partial charge on any atom is 0.252 e. The molecule has 4 rings (SSSR count). The zero-order valence-corrected chi connectivity index (χ0v) is 13.4. The molecule has 0 saturated heterocycles. The molecule has 2 heterocycles. The van der Waals surface area contributed by atoms with Crippen molar-refractivity contribution >= 4 is 16.8 Å². The Morgan fingerprint density at radius 1 is 1.00 bits per heavy atom. The Morgan fingerprint density at radius 3 is 2.58 bits per heavy atom. The molecule has 1 fully saturated rings. The van der Waals surface area contributed by atoms with Gasteiger partial charge in [-0.3, -0.25) is 9.78 Å². The number of carbonyl (C=O) groups is 1. The lowest BCUT2D eigenvalue weighted by Crippen LogP contribution is -2.32. The van der Waals surface area contributed by atoms with Gasteiger partial charge in [0.1, 0.15) is 0 Å². The first-order valence-corrected chi connectivity index (χ1v) is 8.43. The van der Waals surface area contributed by atoms with Gasteiger partial charge < -0.3 is 5.32 Å². The van der Waals surface area contributed by atoms with Crippen LogP contribution in [0.2, 0.25) is 0 Å². The van der Waals surface area contributed by atoms with E-state index in [0.29, 0.717) is 11.6 Å². The van der Waals surface area contributed by atoms with Gasteiger partial charge in [-0.15, -0.1) is 0 Å². The second kappa shape index (κ2) is 6.40. The highest BCUT2D eigenvalue weighted by molar-refractivity contribution is 6.07. The molecule has 0 aliphatic heterocycles. The zero-order valence-electron chi connectivity index (χ0n) is 13.4. The molecule has 24 heavy (non-hydrogen) atoms. The van der Waals surface area contributed by atoms with Crippen LogP contribution >= 0.6 is 0 Å². The van der Waals surface area contributed by atoms with Crippen LogP contribution in [0, 0.1) is 0 Å². The summed E-state index contributed by atoms with van der Waals surface area (Å²) in [7, 11) is 0. The predicted octanol–water partition coefficient (Wildman–Crippen LogP) is 3.97. The van der Waals surface area contributed by atoms with Crippen molar-refractivity contribution in [3.63, 3.8) is 0 Å². The third-order valence-electron chi connectivity index (χ3n) is 4.58. The van der Waals surface area contributed by atoms with Gasteiger partial charge in [-0.1, -0.05) is 37.1 Å². The fourth-order valence-electron chi connectivity index (χ4n) is 3.34. The molecule has 1 aliphatic rings. The van der Waals surface area contributed by atoms with E-state index in [0.717, 1.165) is 35.1 Å². The number of fused-ring (bicyclic) bond motifs is 1. The van der Waals surface area contributed by atoms with Gasteiger partial charge in [-0.05, 0) is 37.1 Å². The molecule has 3 aromatic rings. The number of amides is 1. The maximum absolute atomic E-state index is 12.8. The molecule has 120 valence electrons. The van der Waals surface area contributed by atoms with Gasteiger partial charge in [0.25, 0.3) is 5.91 Å². The number of carbonyl (C=O) groups excluding carboxylic acids is 1. The highest BCUT2D eigenvalue weighted by Crippen LogP contribution is 2.25. The van der Waals surface area contributed by atoms with Gasteiger partial charge in [0.05, 0.1) is 22.5 Å². The molecule has 0 atom stereocenters. The smallest absolute Gasteiger partial charge is 0.252 e. The van der Waals surface area contributed by atoms with Crippen molar-refractivity contribution in [2.75, 3.05) is 0 Å². The summed E-state index contributed by atoms with van der Waals surface area (Å²) in [5.74, 6) is -0.0160. The Balaban J connectivity index is 1.79. The molecule has 2 aromatic heterocycles. The van der Waals surface area contributed by atoms with Crippen LogP contribution in [0.5, 0.6) is 0 Å². The largest absolute Gasteiger partial charge is 0.349 e. The van der Waals surface area contributed by atoms with Crippen molar-refractivity contribution in [2.24, 2.45) is 0 Å². The molecule has 1 aromatic carbocycles. The molecule has 0 radical (unpaired) electrons. The van der Waals surface area contributed by atoms with Crippen LogP contribution in [0.4, 0.5) is 0 Å². The van der Waals surface area contributed by atoms with E-state index < -0.39 is 0 Å². The van der Waals surface area contributed by atoms with Crippen LogP contribution in [-0.4, -0.2) is 21.9 Å². The van der Waals surface area contributed by atoms with E-state index in [1.165, 1.54) is 12.8 Å². The van der Waals surface area contributed by atoms with E-state index in [-0.39, 0.29) is 5.91 Å². The predicted molar refractivity (Wildman–Crippen MR) is 94.7 cm³/mol. The minimum absolute atomic E-state index is 0.0160. The standard InChI is InChI=1S/C20H19N3O/c24-20(22-14-7-1-2-8-14)16-13-19(18-11-5-6-12-21-18)23-17-10-4-3-9-15(16)17/h3-6,9-14H,1-2,7-8H2,(H,22,24). The third-order valence-corrected chi connectivity index (χ3v) is 4.58. The summed E-state index contributed by atoms with van der Waals surface area (Å²) in [6, 6.07) is 15.6. The Bertz CT molecular complexity index is 870. The molecular formula is C20H19N3O. The zero-order chi connectivity index (χ0) is 16.4. The van der Waals surface area contributed by atoms with Crippen molar-refractivity contribution in [3.05, 3.63) is 60.3 Å². The minimum Gasteiger partial charge on any atom is -0.349 e. The number of benzene rings is 1. The lowest BCUT2D eigenvalue weighted by atomic mass is 10.0. The van der Waals surface area contributed by atoms with Crippen molar-refractivity contribution in [3.8, 4) is 11.4 Å². The molecule has 4 heteroatoms. The number of nitrogens with zero attached hydrogens (tertiary/aromatic N) is 2. The number of pyridine rings is 2. The van der Waals surface area contributed by atoms with E-state index >= 15 is 0 Å². The number of para-hydroxylation sites is 1. The van der Waals surface area contributed by atoms with Gasteiger partial charge >= 0.3 is 0 Å². The first-order valence-electron chi connectivity index (χ1n) is 8.43. The second-order valence-corrected chi connectivity index (χ2v) is 6.24. The third kappa shape index (κ3) is 2.87. The van der Waals surface area contributed by atoms with E-state index in [1.807, 2.05) is 48.5 Å². The highest BCUT2D eigenvalue weighted by atomic mass is 16.1. The summed E-state index contributed by atoms with van der Waals surface area (Å²) in [6.07, 6.45) is 6.27. The quantitative estimate of drug-likeness (QED) is 0.795. The Kier molecular flexibility index (Phi) is 3.95. The topological polar surface area (TPSA) is 54.9 Å². The summed E-state index contributed by atoms with van der Waals surface area (Å²) in [4.78, 5) is 21.9. The van der Waals surface area contributed by atoms with Crippen LogP contribution in [0.25, 0.3) is 22.3 Å². The van der Waals surface area contributed by atoms with Crippen LogP contribution in [0.1, 0.15) is 36.0 Å². The first kappa shape index (κ1) is 14.8. The van der Waals surface area contributed by atoms with E-state index in [4.69, 9.17) is 0 Å². The Labute approximate surface area is 141 Å². The van der Waals surface area contributed by atoms with Gasteiger partial charge in [-0.2, -0.15) is 0 Å². The summed E-state index contributed by atoms with van der Waals surface area (Å²) in [5.41, 5.74) is 2.99. The van der Waals surface area contributed by atoms with Gasteiger partial charge in [0.2, 0.25) is 0 Å². The fraction of sp³-hybridized carbons (Fsp3) is 0.250. The minimum atomic E-state index is -0.0160. The molecule has 1 N–H and O–H groups in total. The number of rotatable bonds is 3. The van der Waals surface area contributed by atoms with Gasteiger partial charge in [-0.25, -0.2) is 4.98 Å². The molecule has 0 spiro atoms. The lowest BCUT2D eigenvalue weighted by Gasteiger charge is -2.14. The fourth-order valence-corrected chi connectivity index (χ4v) is 3.34. The molecule has 0 unspecified atom stereocenters. The Hall–Kier alpha value is -2.75. The van der Waals surface area contributed by atoms with Crippen LogP contribution in [0.3, 0.4) is 0 Å². The first-order chi connectivity index (χ1) is 11.8. The van der Waals surface area contributed by atoms with E-state index in [1.54, 1.807) is 6.20 Å². The van der Waals surface area contributed by atoms with Crippen LogP contribution in [0.15, 0.2) is 54.7 Å². The summed E-state index contributed by atoms with van der Waals surface area (Å²) >= 11 is 0. The monoisotopic (exact) mass is 317 g/mol. The van der Waals surface area contributed by atoms with Crippen LogP contribution in [-0.2, 0) is 0 Å². The Morgan fingerprint density at radius 2 is 1.79 bits per heavy atom.